The first-order chi connectivity index (χ1) is 14.9. The lowest BCUT2D eigenvalue weighted by Gasteiger charge is -2.08. The standard InChI is InChI=1S/C21H21N5O4S/c1-2-3-4-20(27)25-21-23-18-10-7-16(13-19(18)24-21)30-31(28,29)17-8-5-15(6-9-17)26-12-11-22-14-26/h5-14H,2-4H2,1H3,(H2,23,24,25,27). The van der Waals surface area contributed by atoms with Gasteiger partial charge < -0.3 is 13.7 Å². The number of nitrogens with one attached hydrogen (secondary N) is 2. The molecule has 2 heterocycles. The third-order valence-corrected chi connectivity index (χ3v) is 5.86. The van der Waals surface area contributed by atoms with Gasteiger partial charge in [-0.3, -0.25) is 10.1 Å². The van der Waals surface area contributed by atoms with Gasteiger partial charge in [0.15, 0.2) is 0 Å². The minimum atomic E-state index is -4.02. The van der Waals surface area contributed by atoms with Crippen molar-refractivity contribution in [1.82, 2.24) is 19.5 Å². The van der Waals surface area contributed by atoms with Crippen LogP contribution in [-0.2, 0) is 14.9 Å². The number of imidazole rings is 2. The number of unbranched alkanes of at least 4 members (excludes halogenated alkanes) is 1. The number of H-pyrrole nitrogens is 1. The molecule has 9 nitrogen and oxygen atoms in total. The highest BCUT2D eigenvalue weighted by atomic mass is 32.2. The normalized spacial score (nSPS) is 11.5. The molecule has 0 aliphatic carbocycles. The zero-order valence-corrected chi connectivity index (χ0v) is 17.6. The number of nitrogens with zero attached hydrogens (tertiary/aromatic N) is 3. The van der Waals surface area contributed by atoms with E-state index in [2.05, 4.69) is 20.3 Å². The fourth-order valence-electron chi connectivity index (χ4n) is 3.00. The molecule has 0 unspecified atom stereocenters. The Morgan fingerprint density at radius 1 is 1.19 bits per heavy atom. The fraction of sp³-hybridized carbons (Fsp3) is 0.190. The topological polar surface area (TPSA) is 119 Å². The van der Waals surface area contributed by atoms with Crippen molar-refractivity contribution in [2.45, 2.75) is 31.1 Å². The van der Waals surface area contributed by atoms with Crippen LogP contribution in [0.4, 0.5) is 5.95 Å². The van der Waals surface area contributed by atoms with Crippen molar-refractivity contribution in [3.8, 4) is 11.4 Å². The van der Waals surface area contributed by atoms with Gasteiger partial charge in [0.25, 0.3) is 0 Å². The molecule has 2 N–H and O–H groups in total. The van der Waals surface area contributed by atoms with Gasteiger partial charge in [0, 0.05) is 30.6 Å². The Morgan fingerprint density at radius 2 is 2.00 bits per heavy atom. The first-order valence-electron chi connectivity index (χ1n) is 9.77. The number of amides is 1. The van der Waals surface area contributed by atoms with Crippen LogP contribution in [0.15, 0.2) is 66.1 Å². The number of fused-ring (bicyclic) bond motifs is 1. The molecule has 2 aromatic carbocycles. The maximum absolute atomic E-state index is 12.7. The van der Waals surface area contributed by atoms with Crippen molar-refractivity contribution in [2.75, 3.05) is 5.32 Å². The molecule has 2 aromatic heterocycles. The van der Waals surface area contributed by atoms with Gasteiger partial charge in [-0.05, 0) is 42.8 Å². The van der Waals surface area contributed by atoms with Crippen LogP contribution >= 0.6 is 0 Å². The molecule has 31 heavy (non-hydrogen) atoms. The summed E-state index contributed by atoms with van der Waals surface area (Å²) in [7, 11) is -4.02. The smallest absolute Gasteiger partial charge is 0.339 e. The Hall–Kier alpha value is -3.66. The van der Waals surface area contributed by atoms with Gasteiger partial charge >= 0.3 is 10.1 Å². The zero-order chi connectivity index (χ0) is 21.8. The van der Waals surface area contributed by atoms with Crippen LogP contribution < -0.4 is 9.50 Å². The monoisotopic (exact) mass is 439 g/mol. The summed E-state index contributed by atoms with van der Waals surface area (Å²) in [5.74, 6) is 0.323. The molecule has 160 valence electrons. The van der Waals surface area contributed by atoms with Crippen LogP contribution in [0.3, 0.4) is 0 Å². The van der Waals surface area contributed by atoms with E-state index in [0.29, 0.717) is 23.4 Å². The fourth-order valence-corrected chi connectivity index (χ4v) is 3.93. The minimum Gasteiger partial charge on any atom is -0.379 e. The average Bonchev–Trinajstić information content (AvgIpc) is 3.41. The number of aromatic nitrogens is 4. The molecule has 0 radical (unpaired) electrons. The van der Waals surface area contributed by atoms with E-state index < -0.39 is 10.1 Å². The lowest BCUT2D eigenvalue weighted by molar-refractivity contribution is -0.116. The molecule has 0 saturated heterocycles. The molecule has 10 heteroatoms. The summed E-state index contributed by atoms with van der Waals surface area (Å²) in [6.45, 7) is 2.01. The number of hydrogen-bond donors (Lipinski definition) is 2. The summed E-state index contributed by atoms with van der Waals surface area (Å²) in [6.07, 6.45) is 7.17. The predicted molar refractivity (Wildman–Crippen MR) is 116 cm³/mol. The molecular weight excluding hydrogens is 418 g/mol. The second-order valence-electron chi connectivity index (χ2n) is 6.92. The minimum absolute atomic E-state index is 0.0324. The second-order valence-corrected chi connectivity index (χ2v) is 8.46. The zero-order valence-electron chi connectivity index (χ0n) is 16.8. The third-order valence-electron chi connectivity index (χ3n) is 4.60. The van der Waals surface area contributed by atoms with Crippen LogP contribution in [0, 0.1) is 0 Å². The molecule has 0 fully saturated rings. The van der Waals surface area contributed by atoms with Gasteiger partial charge in [0.1, 0.15) is 10.6 Å². The number of hydrogen-bond acceptors (Lipinski definition) is 6. The number of anilines is 1. The maximum Gasteiger partial charge on any atom is 0.339 e. The number of rotatable bonds is 8. The third kappa shape index (κ3) is 4.75. The summed E-state index contributed by atoms with van der Waals surface area (Å²) in [5, 5.41) is 2.71. The number of carbonyl (C=O) groups is 1. The van der Waals surface area contributed by atoms with Crippen molar-refractivity contribution in [1.29, 1.82) is 0 Å². The first-order valence-corrected chi connectivity index (χ1v) is 11.2. The lowest BCUT2D eigenvalue weighted by atomic mass is 10.2. The number of benzene rings is 2. The van der Waals surface area contributed by atoms with E-state index in [9.17, 15) is 13.2 Å². The average molecular weight is 439 g/mol. The van der Waals surface area contributed by atoms with Crippen molar-refractivity contribution in [2.24, 2.45) is 0 Å². The second kappa shape index (κ2) is 8.60. The Labute approximate surface area is 179 Å². The lowest BCUT2D eigenvalue weighted by Crippen LogP contribution is -2.11. The van der Waals surface area contributed by atoms with E-state index in [0.717, 1.165) is 18.5 Å². The van der Waals surface area contributed by atoms with Crippen LogP contribution in [0.1, 0.15) is 26.2 Å². The van der Waals surface area contributed by atoms with Crippen LogP contribution in [0.5, 0.6) is 5.75 Å². The van der Waals surface area contributed by atoms with Crippen molar-refractivity contribution in [3.05, 3.63) is 61.2 Å². The van der Waals surface area contributed by atoms with E-state index in [-0.39, 0.29) is 16.6 Å². The van der Waals surface area contributed by atoms with Crippen molar-refractivity contribution < 1.29 is 17.4 Å². The van der Waals surface area contributed by atoms with Gasteiger partial charge in [-0.2, -0.15) is 8.42 Å². The molecule has 1 amide bonds. The summed E-state index contributed by atoms with van der Waals surface area (Å²) in [6, 6.07) is 11.0. The molecule has 0 aliphatic heterocycles. The molecular formula is C21H21N5O4S. The summed E-state index contributed by atoms with van der Waals surface area (Å²) >= 11 is 0. The maximum atomic E-state index is 12.7. The van der Waals surface area contributed by atoms with Gasteiger partial charge in [0.2, 0.25) is 11.9 Å². The van der Waals surface area contributed by atoms with Crippen molar-refractivity contribution in [3.63, 3.8) is 0 Å². The first kappa shape index (κ1) is 20.6. The van der Waals surface area contributed by atoms with E-state index >= 15 is 0 Å². The van der Waals surface area contributed by atoms with E-state index in [1.807, 2.05) is 6.92 Å². The molecule has 0 aliphatic rings. The van der Waals surface area contributed by atoms with Crippen LogP contribution in [-0.4, -0.2) is 33.8 Å². The van der Waals surface area contributed by atoms with Gasteiger partial charge in [-0.15, -0.1) is 0 Å². The van der Waals surface area contributed by atoms with Gasteiger partial charge in [-0.1, -0.05) is 13.3 Å². The quantitative estimate of drug-likeness (QED) is 0.405. The Balaban J connectivity index is 1.50. The highest BCUT2D eigenvalue weighted by Gasteiger charge is 2.17. The molecule has 4 aromatic rings. The van der Waals surface area contributed by atoms with Crippen LogP contribution in [0.2, 0.25) is 0 Å². The van der Waals surface area contributed by atoms with Crippen molar-refractivity contribution >= 4 is 33.0 Å². The summed E-state index contributed by atoms with van der Waals surface area (Å²) in [4.78, 5) is 23.1. The highest BCUT2D eigenvalue weighted by molar-refractivity contribution is 7.87. The SMILES string of the molecule is CCCCC(=O)Nc1nc2ccc(OS(=O)(=O)c3ccc(-n4ccnc4)cc3)cc2[nH]1. The molecule has 4 rings (SSSR count). The molecule has 0 saturated carbocycles. The largest absolute Gasteiger partial charge is 0.379 e. The number of carbonyl (C=O) groups excluding carboxylic acids is 1. The van der Waals surface area contributed by atoms with E-state index in [1.54, 1.807) is 41.5 Å². The van der Waals surface area contributed by atoms with Crippen LogP contribution in [0.25, 0.3) is 16.7 Å². The van der Waals surface area contributed by atoms with E-state index in [1.165, 1.54) is 24.3 Å². The summed E-state index contributed by atoms with van der Waals surface area (Å²) < 4.78 is 32.4. The van der Waals surface area contributed by atoms with E-state index in [4.69, 9.17) is 4.18 Å². The number of aromatic amines is 1. The molecule has 0 spiro atoms. The van der Waals surface area contributed by atoms with Gasteiger partial charge in [0.05, 0.1) is 17.4 Å². The Kier molecular flexibility index (Phi) is 5.72. The predicted octanol–water partition coefficient (Wildman–Crippen LogP) is 3.65. The van der Waals surface area contributed by atoms with Gasteiger partial charge in [-0.25, -0.2) is 9.97 Å². The molecule has 0 atom stereocenters. The Morgan fingerprint density at radius 3 is 2.71 bits per heavy atom. The highest BCUT2D eigenvalue weighted by Crippen LogP contribution is 2.24. The molecule has 0 bridgehead atoms. The Bertz CT molecular complexity index is 1300. The summed E-state index contributed by atoms with van der Waals surface area (Å²) in [5.41, 5.74) is 1.91.